The molecule has 0 aliphatic heterocycles. The zero-order valence-electron chi connectivity index (χ0n) is 17.6. The third kappa shape index (κ3) is 3.51. The first-order chi connectivity index (χ1) is 15.4. The molecule has 0 atom stereocenters. The van der Waals surface area contributed by atoms with Gasteiger partial charge in [0.25, 0.3) is 5.91 Å². The number of aryl methyl sites for hydroxylation is 2. The molecule has 0 spiro atoms. The Morgan fingerprint density at radius 3 is 2.56 bits per heavy atom. The van der Waals surface area contributed by atoms with Crippen LogP contribution in [0, 0.1) is 18.6 Å². The van der Waals surface area contributed by atoms with E-state index in [2.05, 4.69) is 10.3 Å². The molecule has 0 saturated heterocycles. The highest BCUT2D eigenvalue weighted by Crippen LogP contribution is 2.25. The van der Waals surface area contributed by atoms with Crippen LogP contribution < -0.4 is 5.32 Å². The molecule has 0 fully saturated rings. The van der Waals surface area contributed by atoms with Crippen LogP contribution in [0.15, 0.2) is 66.7 Å². The standard InChI is InChI=1S/C25H20F2N4O/c1-15-28-21-13-20(7-9-23(21)30(15)2)29-25(32)24-12-17-11-19(27)6-8-22(17)31(24)14-16-4-3-5-18(26)10-16/h3-13H,14H2,1-2H3,(H,29,32). The lowest BCUT2D eigenvalue weighted by molar-refractivity contribution is 0.101. The molecule has 1 amide bonds. The van der Waals surface area contributed by atoms with Gasteiger partial charge in [0.15, 0.2) is 0 Å². The van der Waals surface area contributed by atoms with Crippen molar-refractivity contribution in [3.05, 3.63) is 95.4 Å². The second-order valence-electron chi connectivity index (χ2n) is 7.82. The van der Waals surface area contributed by atoms with Crippen molar-refractivity contribution >= 4 is 33.5 Å². The van der Waals surface area contributed by atoms with Crippen LogP contribution in [0.1, 0.15) is 21.9 Å². The van der Waals surface area contributed by atoms with Crippen LogP contribution in [0.5, 0.6) is 0 Å². The first-order valence-electron chi connectivity index (χ1n) is 10.2. The number of anilines is 1. The first kappa shape index (κ1) is 19.9. The van der Waals surface area contributed by atoms with Crippen LogP contribution in [0.2, 0.25) is 0 Å². The van der Waals surface area contributed by atoms with Crippen molar-refractivity contribution in [2.75, 3.05) is 5.32 Å². The fourth-order valence-electron chi connectivity index (χ4n) is 4.01. The largest absolute Gasteiger partial charge is 0.332 e. The monoisotopic (exact) mass is 430 g/mol. The van der Waals surface area contributed by atoms with Gasteiger partial charge in [0.1, 0.15) is 23.2 Å². The molecule has 5 aromatic rings. The van der Waals surface area contributed by atoms with Crippen molar-refractivity contribution in [1.82, 2.24) is 14.1 Å². The number of rotatable bonds is 4. The predicted octanol–water partition coefficient (Wildman–Crippen LogP) is 5.42. The van der Waals surface area contributed by atoms with E-state index in [4.69, 9.17) is 0 Å². The minimum Gasteiger partial charge on any atom is -0.332 e. The molecule has 3 aromatic carbocycles. The van der Waals surface area contributed by atoms with Gasteiger partial charge in [0.2, 0.25) is 0 Å². The minimum atomic E-state index is -0.386. The van der Waals surface area contributed by atoms with E-state index in [0.717, 1.165) is 16.9 Å². The fraction of sp³-hybridized carbons (Fsp3) is 0.120. The molecule has 160 valence electrons. The van der Waals surface area contributed by atoms with E-state index in [1.165, 1.54) is 24.3 Å². The summed E-state index contributed by atoms with van der Waals surface area (Å²) < 4.78 is 31.3. The molecule has 0 unspecified atom stereocenters. The maximum Gasteiger partial charge on any atom is 0.272 e. The Kier molecular flexibility index (Phi) is 4.74. The van der Waals surface area contributed by atoms with Gasteiger partial charge in [-0.1, -0.05) is 12.1 Å². The summed E-state index contributed by atoms with van der Waals surface area (Å²) in [5.74, 6) is -0.205. The molecule has 7 heteroatoms. The molecule has 0 radical (unpaired) electrons. The van der Waals surface area contributed by atoms with Crippen molar-refractivity contribution in [2.45, 2.75) is 13.5 Å². The second kappa shape index (κ2) is 7.60. The molecule has 0 bridgehead atoms. The van der Waals surface area contributed by atoms with Gasteiger partial charge >= 0.3 is 0 Å². The topological polar surface area (TPSA) is 51.9 Å². The van der Waals surface area contributed by atoms with Crippen LogP contribution in [0.3, 0.4) is 0 Å². The van der Waals surface area contributed by atoms with Gasteiger partial charge in [0.05, 0.1) is 11.0 Å². The van der Waals surface area contributed by atoms with Gasteiger partial charge in [0, 0.05) is 30.2 Å². The lowest BCUT2D eigenvalue weighted by Gasteiger charge is -2.12. The Balaban J connectivity index is 1.54. The van der Waals surface area contributed by atoms with Crippen molar-refractivity contribution in [3.8, 4) is 0 Å². The highest BCUT2D eigenvalue weighted by molar-refractivity contribution is 6.07. The molecule has 0 aliphatic rings. The van der Waals surface area contributed by atoms with Crippen molar-refractivity contribution < 1.29 is 13.6 Å². The number of nitrogens with one attached hydrogen (secondary N) is 1. The number of hydrogen-bond acceptors (Lipinski definition) is 2. The van der Waals surface area contributed by atoms with E-state index in [9.17, 15) is 13.6 Å². The number of fused-ring (bicyclic) bond motifs is 2. The molecule has 5 rings (SSSR count). The summed E-state index contributed by atoms with van der Waals surface area (Å²) in [5.41, 5.74) is 4.10. The highest BCUT2D eigenvalue weighted by Gasteiger charge is 2.17. The number of imidazole rings is 1. The third-order valence-corrected chi connectivity index (χ3v) is 5.69. The van der Waals surface area contributed by atoms with Gasteiger partial charge in [-0.3, -0.25) is 4.79 Å². The van der Waals surface area contributed by atoms with E-state index in [-0.39, 0.29) is 24.1 Å². The number of halogens is 2. The van der Waals surface area contributed by atoms with Gasteiger partial charge in [-0.2, -0.15) is 0 Å². The van der Waals surface area contributed by atoms with Crippen LogP contribution in [0.4, 0.5) is 14.5 Å². The Morgan fingerprint density at radius 1 is 0.969 bits per heavy atom. The Bertz CT molecular complexity index is 1500. The van der Waals surface area contributed by atoms with Crippen molar-refractivity contribution in [3.63, 3.8) is 0 Å². The summed E-state index contributed by atoms with van der Waals surface area (Å²) in [6, 6.07) is 17.8. The van der Waals surface area contributed by atoms with Gasteiger partial charge in [-0.15, -0.1) is 0 Å². The molecule has 32 heavy (non-hydrogen) atoms. The summed E-state index contributed by atoms with van der Waals surface area (Å²) >= 11 is 0. The smallest absolute Gasteiger partial charge is 0.272 e. The highest BCUT2D eigenvalue weighted by atomic mass is 19.1. The van der Waals surface area contributed by atoms with E-state index >= 15 is 0 Å². The molecular weight excluding hydrogens is 410 g/mol. The van der Waals surface area contributed by atoms with E-state index < -0.39 is 0 Å². The fourth-order valence-corrected chi connectivity index (χ4v) is 4.01. The maximum atomic E-state index is 13.8. The number of carbonyl (C=O) groups is 1. The zero-order valence-corrected chi connectivity index (χ0v) is 17.6. The van der Waals surface area contributed by atoms with Crippen LogP contribution in [-0.2, 0) is 13.6 Å². The van der Waals surface area contributed by atoms with Gasteiger partial charge < -0.3 is 14.5 Å². The van der Waals surface area contributed by atoms with E-state index in [1.807, 2.05) is 36.7 Å². The van der Waals surface area contributed by atoms with Gasteiger partial charge in [-0.25, -0.2) is 13.8 Å². The lowest BCUT2D eigenvalue weighted by atomic mass is 10.2. The van der Waals surface area contributed by atoms with Crippen LogP contribution in [0.25, 0.3) is 21.9 Å². The Labute approximate surface area is 182 Å². The summed E-state index contributed by atoms with van der Waals surface area (Å²) in [4.78, 5) is 17.7. The average Bonchev–Trinajstić information content (AvgIpc) is 3.24. The predicted molar refractivity (Wildman–Crippen MR) is 121 cm³/mol. The zero-order chi connectivity index (χ0) is 22.4. The second-order valence-corrected chi connectivity index (χ2v) is 7.82. The summed E-state index contributed by atoms with van der Waals surface area (Å²) in [5, 5.41) is 3.51. The van der Waals surface area contributed by atoms with E-state index in [0.29, 0.717) is 27.8 Å². The minimum absolute atomic E-state index is 0.272. The normalized spacial score (nSPS) is 11.4. The molecule has 0 saturated carbocycles. The number of aromatic nitrogens is 3. The first-order valence-corrected chi connectivity index (χ1v) is 10.2. The van der Waals surface area contributed by atoms with Crippen LogP contribution >= 0.6 is 0 Å². The summed E-state index contributed by atoms with van der Waals surface area (Å²) in [6.07, 6.45) is 0. The third-order valence-electron chi connectivity index (χ3n) is 5.69. The molecular formula is C25H20F2N4O. The molecule has 2 aromatic heterocycles. The molecule has 1 N–H and O–H groups in total. The quantitative estimate of drug-likeness (QED) is 0.414. The lowest BCUT2D eigenvalue weighted by Crippen LogP contribution is -2.17. The van der Waals surface area contributed by atoms with E-state index in [1.54, 1.807) is 28.8 Å². The van der Waals surface area contributed by atoms with Crippen molar-refractivity contribution in [1.29, 1.82) is 0 Å². The number of hydrogen-bond donors (Lipinski definition) is 1. The maximum absolute atomic E-state index is 13.8. The molecule has 2 heterocycles. The van der Waals surface area contributed by atoms with Crippen LogP contribution in [-0.4, -0.2) is 20.0 Å². The summed E-state index contributed by atoms with van der Waals surface area (Å²) in [6.45, 7) is 2.19. The molecule has 0 aliphatic carbocycles. The molecule has 5 nitrogen and oxygen atoms in total. The van der Waals surface area contributed by atoms with Crippen molar-refractivity contribution in [2.24, 2.45) is 7.05 Å². The SMILES string of the molecule is Cc1nc2cc(NC(=O)c3cc4cc(F)ccc4n3Cc3cccc(F)c3)ccc2n1C. The average molecular weight is 430 g/mol. The number of amides is 1. The Morgan fingerprint density at radius 2 is 1.75 bits per heavy atom. The summed E-state index contributed by atoms with van der Waals surface area (Å²) in [7, 11) is 1.94. The number of nitrogens with zero attached hydrogens (tertiary/aromatic N) is 3. The van der Waals surface area contributed by atoms with Gasteiger partial charge in [-0.05, 0) is 67.1 Å². The number of carbonyl (C=O) groups excluding carboxylic acids is 1. The number of benzene rings is 3. The Hall–Kier alpha value is -4.00.